The fourth-order valence-corrected chi connectivity index (χ4v) is 4.04. The van der Waals surface area contributed by atoms with Crippen LogP contribution in [-0.2, 0) is 4.79 Å². The van der Waals surface area contributed by atoms with Gasteiger partial charge in [0.1, 0.15) is 5.56 Å². The zero-order valence-electron chi connectivity index (χ0n) is 17.8. The third-order valence-electron chi connectivity index (χ3n) is 5.28. The van der Waals surface area contributed by atoms with Crippen molar-refractivity contribution < 1.29 is 9.90 Å². The molecule has 1 aliphatic heterocycles. The third kappa shape index (κ3) is 4.67. The summed E-state index contributed by atoms with van der Waals surface area (Å²) in [4.78, 5) is 31.7. The number of benzene rings is 2. The molecule has 168 valence electrons. The highest BCUT2D eigenvalue weighted by atomic mass is 35.5. The summed E-state index contributed by atoms with van der Waals surface area (Å²) < 4.78 is 1.42. The molecule has 2 heterocycles. The highest BCUT2D eigenvalue weighted by Crippen LogP contribution is 2.26. The summed E-state index contributed by atoms with van der Waals surface area (Å²) in [6.07, 6.45) is 2.47. The molecule has 1 aromatic heterocycles. The number of hydrogen-bond donors (Lipinski definition) is 3. The van der Waals surface area contributed by atoms with E-state index in [1.165, 1.54) is 4.57 Å². The quantitative estimate of drug-likeness (QED) is 0.472. The summed E-state index contributed by atoms with van der Waals surface area (Å²) in [5, 5.41) is 16.1. The van der Waals surface area contributed by atoms with Gasteiger partial charge in [-0.05, 0) is 60.6 Å². The maximum Gasteiger partial charge on any atom is 0.262 e. The SMILES string of the molecule is CCC(=O)NCCC1=c2ccccc2=NC1=Cc1c(O)n(-c2ccc(Cl)cc2)c(=S)[nH]c1=O. The van der Waals surface area contributed by atoms with Crippen molar-refractivity contribution in [1.82, 2.24) is 14.9 Å². The summed E-state index contributed by atoms with van der Waals surface area (Å²) in [6, 6.07) is 14.3. The second-order valence-electron chi connectivity index (χ2n) is 7.40. The van der Waals surface area contributed by atoms with E-state index in [0.717, 1.165) is 16.1 Å². The molecule has 0 atom stereocenters. The number of para-hydroxylation sites is 1. The second kappa shape index (κ2) is 9.56. The Hall–Kier alpha value is -3.49. The van der Waals surface area contributed by atoms with E-state index in [1.54, 1.807) is 37.3 Å². The first-order valence-corrected chi connectivity index (χ1v) is 11.2. The number of aromatic amines is 1. The molecule has 0 spiro atoms. The van der Waals surface area contributed by atoms with Crippen LogP contribution in [0.1, 0.15) is 25.3 Å². The fraction of sp³-hybridized carbons (Fsp3) is 0.167. The standard InChI is InChI=1S/C24H21ClN4O3S/c1-2-21(30)26-12-11-17-16-5-3-4-6-19(16)27-20(17)13-18-22(31)28-24(33)29(23(18)32)15-9-7-14(25)8-10-15/h3-10,13,32H,2,11-12H2,1H3,(H,26,30)(H,28,31,33). The van der Waals surface area contributed by atoms with Gasteiger partial charge in [-0.2, -0.15) is 0 Å². The smallest absolute Gasteiger partial charge is 0.262 e. The van der Waals surface area contributed by atoms with Crippen LogP contribution < -0.4 is 21.5 Å². The molecular formula is C24H21ClN4O3S. The van der Waals surface area contributed by atoms with Gasteiger partial charge in [0.25, 0.3) is 5.56 Å². The number of nitrogens with one attached hydrogen (secondary N) is 2. The number of hydrogen-bond acceptors (Lipinski definition) is 5. The Morgan fingerprint density at radius 1 is 1.24 bits per heavy atom. The lowest BCUT2D eigenvalue weighted by atomic mass is 10.1. The van der Waals surface area contributed by atoms with E-state index in [0.29, 0.717) is 35.8 Å². The Kier molecular flexibility index (Phi) is 6.57. The third-order valence-corrected chi connectivity index (χ3v) is 5.82. The van der Waals surface area contributed by atoms with Crippen LogP contribution in [0.15, 0.2) is 64.0 Å². The van der Waals surface area contributed by atoms with Crippen LogP contribution in [0.25, 0.3) is 17.3 Å². The maximum atomic E-state index is 12.7. The van der Waals surface area contributed by atoms with Crippen LogP contribution in [-0.4, -0.2) is 27.1 Å². The highest BCUT2D eigenvalue weighted by molar-refractivity contribution is 7.71. The molecule has 7 nitrogen and oxygen atoms in total. The van der Waals surface area contributed by atoms with Gasteiger partial charge >= 0.3 is 0 Å². The van der Waals surface area contributed by atoms with E-state index in [-0.39, 0.29) is 22.1 Å². The van der Waals surface area contributed by atoms with Gasteiger partial charge in [-0.25, -0.2) is 4.99 Å². The van der Waals surface area contributed by atoms with Crippen LogP contribution >= 0.6 is 23.8 Å². The summed E-state index contributed by atoms with van der Waals surface area (Å²) in [6.45, 7) is 2.23. The second-order valence-corrected chi connectivity index (χ2v) is 8.22. The van der Waals surface area contributed by atoms with E-state index in [9.17, 15) is 14.7 Å². The van der Waals surface area contributed by atoms with Gasteiger partial charge < -0.3 is 10.4 Å². The summed E-state index contributed by atoms with van der Waals surface area (Å²) in [5.74, 6) is -0.341. The first-order chi connectivity index (χ1) is 15.9. The lowest BCUT2D eigenvalue weighted by Crippen LogP contribution is -2.26. The number of aromatic nitrogens is 2. The van der Waals surface area contributed by atoms with Gasteiger partial charge in [-0.1, -0.05) is 36.7 Å². The minimum atomic E-state index is -0.528. The van der Waals surface area contributed by atoms with Gasteiger partial charge in [0.15, 0.2) is 4.77 Å². The molecule has 0 unspecified atom stereocenters. The Bertz CT molecular complexity index is 1500. The van der Waals surface area contributed by atoms with Gasteiger partial charge in [0, 0.05) is 23.2 Å². The number of carbonyl (C=O) groups excluding carboxylic acids is 1. The van der Waals surface area contributed by atoms with Gasteiger partial charge in [-0.15, -0.1) is 0 Å². The van der Waals surface area contributed by atoms with Crippen LogP contribution in [0.5, 0.6) is 5.88 Å². The van der Waals surface area contributed by atoms with E-state index >= 15 is 0 Å². The van der Waals surface area contributed by atoms with Gasteiger partial charge in [-0.3, -0.25) is 19.1 Å². The first-order valence-electron chi connectivity index (χ1n) is 10.4. The molecule has 3 N–H and O–H groups in total. The Morgan fingerprint density at radius 3 is 2.70 bits per heavy atom. The number of fused-ring (bicyclic) bond motifs is 1. The van der Waals surface area contributed by atoms with Crippen LogP contribution in [0.3, 0.4) is 0 Å². The predicted molar refractivity (Wildman–Crippen MR) is 130 cm³/mol. The Morgan fingerprint density at radius 2 is 1.97 bits per heavy atom. The van der Waals surface area contributed by atoms with Crippen molar-refractivity contribution in [3.8, 4) is 11.6 Å². The Labute approximate surface area is 199 Å². The van der Waals surface area contributed by atoms with Crippen molar-refractivity contribution >= 4 is 41.4 Å². The number of carbonyl (C=O) groups is 1. The molecular weight excluding hydrogens is 460 g/mol. The average Bonchev–Trinajstić information content (AvgIpc) is 3.15. The molecule has 1 aliphatic rings. The summed E-state index contributed by atoms with van der Waals surface area (Å²) in [5.41, 5.74) is 1.47. The molecule has 9 heteroatoms. The number of halogens is 1. The fourth-order valence-electron chi connectivity index (χ4n) is 3.63. The molecule has 4 rings (SSSR count). The minimum absolute atomic E-state index is 0.0280. The van der Waals surface area contributed by atoms with Crippen LogP contribution in [0, 0.1) is 4.77 Å². The van der Waals surface area contributed by atoms with Crippen molar-refractivity contribution in [2.75, 3.05) is 6.54 Å². The molecule has 0 saturated heterocycles. The van der Waals surface area contributed by atoms with E-state index in [1.807, 2.05) is 24.3 Å². The number of rotatable bonds is 6. The zero-order chi connectivity index (χ0) is 23.5. The molecule has 33 heavy (non-hydrogen) atoms. The van der Waals surface area contributed by atoms with Crippen LogP contribution in [0.2, 0.25) is 5.02 Å². The van der Waals surface area contributed by atoms with Gasteiger partial charge in [0.05, 0.1) is 16.7 Å². The number of H-pyrrole nitrogens is 1. The average molecular weight is 481 g/mol. The molecule has 0 fully saturated rings. The van der Waals surface area contributed by atoms with E-state index in [2.05, 4.69) is 15.3 Å². The first kappa shape index (κ1) is 22.7. The number of nitrogens with zero attached hydrogens (tertiary/aromatic N) is 2. The van der Waals surface area contributed by atoms with Crippen molar-refractivity contribution in [2.45, 2.75) is 19.8 Å². The maximum absolute atomic E-state index is 12.7. The number of allylic oxidation sites excluding steroid dienone is 1. The monoisotopic (exact) mass is 480 g/mol. The van der Waals surface area contributed by atoms with E-state index in [4.69, 9.17) is 23.8 Å². The minimum Gasteiger partial charge on any atom is -0.494 e. The molecule has 3 aromatic rings. The lowest BCUT2D eigenvalue weighted by Gasteiger charge is -2.12. The molecule has 2 aromatic carbocycles. The van der Waals surface area contributed by atoms with Gasteiger partial charge in [0.2, 0.25) is 11.8 Å². The van der Waals surface area contributed by atoms with Crippen LogP contribution in [0.4, 0.5) is 0 Å². The molecule has 1 amide bonds. The predicted octanol–water partition coefficient (Wildman–Crippen LogP) is 3.00. The topological polar surface area (TPSA) is 99.5 Å². The van der Waals surface area contributed by atoms with Crippen molar-refractivity contribution in [2.24, 2.45) is 4.99 Å². The number of amides is 1. The highest BCUT2D eigenvalue weighted by Gasteiger charge is 2.18. The van der Waals surface area contributed by atoms with Crippen molar-refractivity contribution in [3.63, 3.8) is 0 Å². The molecule has 0 aliphatic carbocycles. The molecule has 0 radical (unpaired) electrons. The Balaban J connectivity index is 1.82. The molecule has 0 saturated carbocycles. The normalized spacial score (nSPS) is 13.6. The van der Waals surface area contributed by atoms with E-state index < -0.39 is 5.56 Å². The van der Waals surface area contributed by atoms with Crippen molar-refractivity contribution in [1.29, 1.82) is 0 Å². The lowest BCUT2D eigenvalue weighted by molar-refractivity contribution is -0.120. The largest absolute Gasteiger partial charge is 0.494 e. The zero-order valence-corrected chi connectivity index (χ0v) is 19.3. The number of aromatic hydroxyl groups is 1. The summed E-state index contributed by atoms with van der Waals surface area (Å²) >= 11 is 11.3. The summed E-state index contributed by atoms with van der Waals surface area (Å²) in [7, 11) is 0. The van der Waals surface area contributed by atoms with Crippen molar-refractivity contribution in [3.05, 3.63) is 90.5 Å². The molecule has 0 bridgehead atoms.